The summed E-state index contributed by atoms with van der Waals surface area (Å²) in [5.41, 5.74) is 0. The van der Waals surface area contributed by atoms with Crippen LogP contribution in [0.1, 0.15) is 12.8 Å². The molecule has 2 rings (SSSR count). The monoisotopic (exact) mass is 229 g/mol. The molecule has 0 N–H and O–H groups in total. The van der Waals surface area contributed by atoms with E-state index in [9.17, 15) is 0 Å². The second-order valence-corrected chi connectivity index (χ2v) is 3.09. The molecule has 0 aliphatic carbocycles. The van der Waals surface area contributed by atoms with Gasteiger partial charge in [-0.25, -0.2) is 0 Å². The molecule has 0 atom stereocenters. The molecule has 3 heteroatoms. The van der Waals surface area contributed by atoms with Crippen LogP contribution in [-0.2, 0) is 37.4 Å². The van der Waals surface area contributed by atoms with Crippen molar-refractivity contribution in [1.29, 1.82) is 0 Å². The smallest absolute Gasteiger partial charge is 0.0645 e. The minimum absolute atomic E-state index is 0. The number of ether oxygens (including phenoxy) is 1. The first-order chi connectivity index (χ1) is 4.97. The molecule has 0 spiro atoms. The quantitative estimate of drug-likeness (QED) is 0.613. The van der Waals surface area contributed by atoms with Gasteiger partial charge in [0.15, 0.2) is 0 Å². The van der Waals surface area contributed by atoms with Crippen molar-refractivity contribution < 1.29 is 37.4 Å². The minimum atomic E-state index is 0. The van der Waals surface area contributed by atoms with E-state index in [0.29, 0.717) is 0 Å². The number of hydrogen-bond donors (Lipinski definition) is 0. The van der Waals surface area contributed by atoms with Gasteiger partial charge in [-0.1, -0.05) is 0 Å². The molecular weight excluding hydrogens is 215 g/mol. The van der Waals surface area contributed by atoms with Gasteiger partial charge in [0.2, 0.25) is 0 Å². The fourth-order valence-electron chi connectivity index (χ4n) is 1.57. The molecule has 2 aliphatic heterocycles. The summed E-state index contributed by atoms with van der Waals surface area (Å²) in [6.45, 7) is 4.46. The second-order valence-electron chi connectivity index (χ2n) is 3.09. The Labute approximate surface area is 93.5 Å². The fraction of sp³-hybridized carbons (Fsp3) is 0.875. The van der Waals surface area contributed by atoms with E-state index in [2.05, 4.69) is 11.3 Å². The Bertz CT molecular complexity index is 111. The van der Waals surface area contributed by atoms with Crippen LogP contribution < -0.4 is 0 Å². The van der Waals surface area contributed by atoms with E-state index < -0.39 is 0 Å². The number of rotatable bonds is 1. The van der Waals surface area contributed by atoms with Gasteiger partial charge >= 0.3 is 0 Å². The van der Waals surface area contributed by atoms with Gasteiger partial charge in [-0.15, -0.1) is 0 Å². The summed E-state index contributed by atoms with van der Waals surface area (Å²) in [5.74, 6) is 0. The van der Waals surface area contributed by atoms with Crippen molar-refractivity contribution in [3.63, 3.8) is 0 Å². The molecule has 2 aliphatic rings. The molecule has 0 unspecified atom stereocenters. The van der Waals surface area contributed by atoms with Crippen LogP contribution in [0.25, 0.3) is 0 Å². The molecule has 0 aromatic carbocycles. The maximum absolute atomic E-state index is 5.14. The normalized spacial score (nSPS) is 27.3. The number of nitrogens with zero attached hydrogens (tertiary/aromatic N) is 1. The average Bonchev–Trinajstić information content (AvgIpc) is 1.86. The number of piperidine rings is 1. The molecule has 11 heavy (non-hydrogen) atoms. The van der Waals surface area contributed by atoms with E-state index in [4.69, 9.17) is 4.74 Å². The molecule has 1 radical (unpaired) electrons. The first kappa shape index (κ1) is 10.1. The third-order valence-corrected chi connectivity index (χ3v) is 2.38. The van der Waals surface area contributed by atoms with Gasteiger partial charge in [0.05, 0.1) is 19.3 Å². The summed E-state index contributed by atoms with van der Waals surface area (Å²) < 4.78 is 5.14. The van der Waals surface area contributed by atoms with Gasteiger partial charge in [-0.3, -0.25) is 0 Å². The molecule has 0 aromatic rings. The summed E-state index contributed by atoms with van der Waals surface area (Å²) in [7, 11) is 0. The van der Waals surface area contributed by atoms with E-state index in [-0.39, 0.29) is 32.7 Å². The van der Waals surface area contributed by atoms with Gasteiger partial charge < -0.3 is 16.1 Å². The van der Waals surface area contributed by atoms with Crippen LogP contribution in [0.4, 0.5) is 0 Å². The zero-order valence-electron chi connectivity index (χ0n) is 6.83. The van der Waals surface area contributed by atoms with Gasteiger partial charge in [-0.2, -0.15) is 12.8 Å². The van der Waals surface area contributed by atoms with Crippen molar-refractivity contribution in [1.82, 2.24) is 4.90 Å². The van der Waals surface area contributed by atoms with Crippen molar-refractivity contribution >= 4 is 0 Å². The molecule has 0 amide bonds. The van der Waals surface area contributed by atoms with Crippen molar-refractivity contribution in [2.75, 3.05) is 26.3 Å². The predicted octanol–water partition coefficient (Wildman–Crippen LogP) is 0.683. The van der Waals surface area contributed by atoms with Gasteiger partial charge in [0.1, 0.15) is 0 Å². The molecule has 2 nitrogen and oxygen atoms in total. The maximum Gasteiger partial charge on any atom is 0.0645 e. The van der Waals surface area contributed by atoms with Crippen molar-refractivity contribution in [2.24, 2.45) is 0 Å². The van der Waals surface area contributed by atoms with Crippen molar-refractivity contribution in [3.8, 4) is 0 Å². The number of likely N-dealkylation sites (tertiary alicyclic amines) is 1. The average molecular weight is 229 g/mol. The van der Waals surface area contributed by atoms with Crippen LogP contribution in [0.3, 0.4) is 0 Å². The third kappa shape index (κ3) is 2.48. The Morgan fingerprint density at radius 3 is 2.27 bits per heavy atom. The first-order valence-corrected chi connectivity index (χ1v) is 4.10. The van der Waals surface area contributed by atoms with Gasteiger partial charge in [0.25, 0.3) is 0 Å². The minimum Gasteiger partial charge on any atom is -0.378 e. The zero-order chi connectivity index (χ0) is 6.81. The van der Waals surface area contributed by atoms with E-state index in [0.717, 1.165) is 19.3 Å². The van der Waals surface area contributed by atoms with Crippen molar-refractivity contribution in [2.45, 2.75) is 18.9 Å². The molecule has 0 aromatic heterocycles. The molecule has 0 saturated carbocycles. The van der Waals surface area contributed by atoms with Crippen LogP contribution in [0.5, 0.6) is 0 Å². The fourth-order valence-corrected chi connectivity index (χ4v) is 1.57. The Morgan fingerprint density at radius 2 is 1.82 bits per heavy atom. The Kier molecular flexibility index (Phi) is 4.51. The van der Waals surface area contributed by atoms with Crippen molar-refractivity contribution in [3.05, 3.63) is 6.42 Å². The Morgan fingerprint density at radius 1 is 1.18 bits per heavy atom. The predicted molar refractivity (Wildman–Crippen MR) is 39.7 cm³/mol. The topological polar surface area (TPSA) is 12.5 Å². The standard InChI is InChI=1S/C8H14NO.Y/c1-2-4-9(5-3-1)8-6-10-7-8;/h1,8H,2-7H2;/q-1;. The van der Waals surface area contributed by atoms with Gasteiger partial charge in [-0.05, 0) is 13.1 Å². The van der Waals surface area contributed by atoms with E-state index in [1.807, 2.05) is 0 Å². The van der Waals surface area contributed by atoms with Crippen LogP contribution in [0.15, 0.2) is 0 Å². The number of hydrogen-bond acceptors (Lipinski definition) is 2. The molecule has 2 heterocycles. The molecule has 2 saturated heterocycles. The van der Waals surface area contributed by atoms with Gasteiger partial charge in [0, 0.05) is 32.7 Å². The zero-order valence-corrected chi connectivity index (χ0v) is 9.67. The van der Waals surface area contributed by atoms with E-state index >= 15 is 0 Å². The second kappa shape index (κ2) is 4.91. The first-order valence-electron chi connectivity index (χ1n) is 4.10. The molecule has 2 fully saturated rings. The maximum atomic E-state index is 5.14. The summed E-state index contributed by atoms with van der Waals surface area (Å²) in [4.78, 5) is 2.55. The summed E-state index contributed by atoms with van der Waals surface area (Å²) in [6.07, 6.45) is 4.93. The SMILES string of the molecule is [CH-]1CCN(C2COC2)CC1.[Y]. The van der Waals surface area contributed by atoms with E-state index in [1.54, 1.807) is 0 Å². The summed E-state index contributed by atoms with van der Waals surface area (Å²) in [5, 5.41) is 0. The van der Waals surface area contributed by atoms with Crippen LogP contribution in [-0.4, -0.2) is 37.2 Å². The van der Waals surface area contributed by atoms with E-state index in [1.165, 1.54) is 25.9 Å². The molecule has 61 valence electrons. The van der Waals surface area contributed by atoms with Crippen LogP contribution in [0.2, 0.25) is 0 Å². The summed E-state index contributed by atoms with van der Waals surface area (Å²) in [6, 6.07) is 0.758. The molecule has 0 bridgehead atoms. The largest absolute Gasteiger partial charge is 0.378 e. The third-order valence-electron chi connectivity index (χ3n) is 2.38. The summed E-state index contributed by atoms with van der Waals surface area (Å²) >= 11 is 0. The van der Waals surface area contributed by atoms with Crippen LogP contribution in [0, 0.1) is 6.42 Å². The van der Waals surface area contributed by atoms with Crippen LogP contribution >= 0.6 is 0 Å². The Hall–Kier alpha value is 1.02. The Balaban J connectivity index is 0.000000605. The molecular formula is C8H14NOY-.